The summed E-state index contributed by atoms with van der Waals surface area (Å²) in [6, 6.07) is 3.67. The van der Waals surface area contributed by atoms with Crippen LogP contribution in [0.25, 0.3) is 0 Å². The molecule has 1 aliphatic carbocycles. The van der Waals surface area contributed by atoms with Gasteiger partial charge in [-0.3, -0.25) is 4.79 Å². The van der Waals surface area contributed by atoms with E-state index < -0.39 is 0 Å². The second kappa shape index (κ2) is 7.43. The fourth-order valence-corrected chi connectivity index (χ4v) is 2.96. The summed E-state index contributed by atoms with van der Waals surface area (Å²) in [6.45, 7) is 3.89. The lowest BCUT2D eigenvalue weighted by molar-refractivity contribution is 0.240. The van der Waals surface area contributed by atoms with Gasteiger partial charge < -0.3 is 5.32 Å². The minimum Gasteiger partial charge on any atom is -0.312 e. The van der Waals surface area contributed by atoms with E-state index in [1.54, 1.807) is 23.0 Å². The van der Waals surface area contributed by atoms with E-state index in [0.29, 0.717) is 18.5 Å². The van der Waals surface area contributed by atoms with Crippen molar-refractivity contribution in [3.63, 3.8) is 0 Å². The van der Waals surface area contributed by atoms with E-state index in [-0.39, 0.29) is 5.56 Å². The topological polar surface area (TPSA) is 46.9 Å². The molecule has 1 saturated carbocycles. The van der Waals surface area contributed by atoms with Crippen LogP contribution in [0.5, 0.6) is 0 Å². The summed E-state index contributed by atoms with van der Waals surface area (Å²) >= 11 is 0. The molecule has 0 bridgehead atoms. The van der Waals surface area contributed by atoms with Crippen molar-refractivity contribution in [1.82, 2.24) is 15.1 Å². The van der Waals surface area contributed by atoms with E-state index in [0.717, 1.165) is 13.0 Å². The molecule has 4 heteroatoms. The molecule has 0 radical (unpaired) electrons. The lowest BCUT2D eigenvalue weighted by atomic mass is 9.84. The van der Waals surface area contributed by atoms with E-state index in [4.69, 9.17) is 0 Å². The number of aromatic nitrogens is 2. The number of nitrogens with one attached hydrogen (secondary N) is 1. The van der Waals surface area contributed by atoms with Crippen LogP contribution in [0.4, 0.5) is 0 Å². The molecule has 2 rings (SSSR count). The first kappa shape index (κ1) is 14.3. The second-order valence-electron chi connectivity index (χ2n) is 5.50. The Kier molecular flexibility index (Phi) is 5.58. The predicted molar refractivity (Wildman–Crippen MR) is 77.2 cm³/mol. The molecule has 106 valence electrons. The summed E-state index contributed by atoms with van der Waals surface area (Å²) in [7, 11) is 0. The zero-order valence-corrected chi connectivity index (χ0v) is 11.8. The maximum absolute atomic E-state index is 11.8. The first-order chi connectivity index (χ1) is 9.31. The summed E-state index contributed by atoms with van der Waals surface area (Å²) in [4.78, 5) is 11.8. The van der Waals surface area contributed by atoms with Crippen molar-refractivity contribution in [2.24, 2.45) is 5.92 Å². The predicted octanol–water partition coefficient (Wildman–Crippen LogP) is 2.19. The van der Waals surface area contributed by atoms with Gasteiger partial charge in [-0.25, -0.2) is 4.68 Å². The van der Waals surface area contributed by atoms with Gasteiger partial charge in [-0.15, -0.1) is 0 Å². The SMILES string of the molecule is CCCNC(Cn1ncccc1=O)C1CCCCC1. The maximum Gasteiger partial charge on any atom is 0.266 e. The second-order valence-corrected chi connectivity index (χ2v) is 5.50. The highest BCUT2D eigenvalue weighted by Gasteiger charge is 2.23. The van der Waals surface area contributed by atoms with Gasteiger partial charge in [-0.05, 0) is 37.8 Å². The van der Waals surface area contributed by atoms with E-state index >= 15 is 0 Å². The van der Waals surface area contributed by atoms with Gasteiger partial charge >= 0.3 is 0 Å². The zero-order valence-electron chi connectivity index (χ0n) is 11.8. The van der Waals surface area contributed by atoms with Gasteiger partial charge in [0.05, 0.1) is 6.54 Å². The van der Waals surface area contributed by atoms with Gasteiger partial charge in [-0.1, -0.05) is 26.2 Å². The van der Waals surface area contributed by atoms with Gasteiger partial charge in [0, 0.05) is 18.3 Å². The lowest BCUT2D eigenvalue weighted by Crippen LogP contribution is -2.43. The molecule has 0 amide bonds. The zero-order chi connectivity index (χ0) is 13.5. The highest BCUT2D eigenvalue weighted by molar-refractivity contribution is 4.87. The normalized spacial score (nSPS) is 18.4. The van der Waals surface area contributed by atoms with E-state index in [2.05, 4.69) is 17.3 Å². The molecule has 1 heterocycles. The van der Waals surface area contributed by atoms with Crippen LogP contribution >= 0.6 is 0 Å². The quantitative estimate of drug-likeness (QED) is 0.856. The van der Waals surface area contributed by atoms with E-state index in [9.17, 15) is 4.79 Å². The van der Waals surface area contributed by atoms with Crippen molar-refractivity contribution in [3.05, 3.63) is 28.7 Å². The Bertz CT molecular complexity index is 423. The Morgan fingerprint density at radius 3 is 2.89 bits per heavy atom. The summed E-state index contributed by atoms with van der Waals surface area (Å²) in [6.07, 6.45) is 9.39. The molecular formula is C15H25N3O. The van der Waals surface area contributed by atoms with Crippen LogP contribution in [0.1, 0.15) is 45.4 Å². The third-order valence-electron chi connectivity index (χ3n) is 4.03. The fourth-order valence-electron chi connectivity index (χ4n) is 2.96. The molecule has 0 saturated heterocycles. The Hall–Kier alpha value is -1.16. The molecule has 1 atom stereocenters. The lowest BCUT2D eigenvalue weighted by Gasteiger charge is -2.31. The molecule has 1 unspecified atom stereocenters. The first-order valence-electron chi connectivity index (χ1n) is 7.56. The van der Waals surface area contributed by atoms with Crippen LogP contribution in [-0.4, -0.2) is 22.4 Å². The van der Waals surface area contributed by atoms with Crippen molar-refractivity contribution in [2.45, 2.75) is 58.0 Å². The van der Waals surface area contributed by atoms with Gasteiger partial charge in [0.15, 0.2) is 0 Å². The molecule has 19 heavy (non-hydrogen) atoms. The smallest absolute Gasteiger partial charge is 0.266 e. The molecule has 1 aliphatic rings. The maximum atomic E-state index is 11.8. The molecule has 1 aromatic rings. The molecule has 0 aromatic carbocycles. The summed E-state index contributed by atoms with van der Waals surface area (Å²) in [5, 5.41) is 7.80. The molecule has 1 aromatic heterocycles. The van der Waals surface area contributed by atoms with Gasteiger partial charge in [0.2, 0.25) is 0 Å². The molecule has 0 aliphatic heterocycles. The van der Waals surface area contributed by atoms with Crippen LogP contribution < -0.4 is 10.9 Å². The molecule has 1 fully saturated rings. The number of nitrogens with zero attached hydrogens (tertiary/aromatic N) is 2. The van der Waals surface area contributed by atoms with Gasteiger partial charge in [0.25, 0.3) is 5.56 Å². The summed E-state index contributed by atoms with van der Waals surface area (Å²) in [5.41, 5.74) is 0.00149. The van der Waals surface area contributed by atoms with Crippen LogP contribution in [-0.2, 0) is 6.54 Å². The van der Waals surface area contributed by atoms with Crippen molar-refractivity contribution in [1.29, 1.82) is 0 Å². The Labute approximate surface area is 115 Å². The summed E-state index contributed by atoms with van der Waals surface area (Å²) in [5.74, 6) is 0.689. The largest absolute Gasteiger partial charge is 0.312 e. The van der Waals surface area contributed by atoms with Crippen LogP contribution in [0, 0.1) is 5.92 Å². The minimum atomic E-state index is 0.00149. The van der Waals surface area contributed by atoms with Crippen LogP contribution in [0.2, 0.25) is 0 Å². The highest BCUT2D eigenvalue weighted by Crippen LogP contribution is 2.27. The molecule has 1 N–H and O–H groups in total. The average Bonchev–Trinajstić information content (AvgIpc) is 2.46. The molecule has 0 spiro atoms. The number of hydrogen-bond acceptors (Lipinski definition) is 3. The monoisotopic (exact) mass is 263 g/mol. The van der Waals surface area contributed by atoms with Gasteiger partial charge in [-0.2, -0.15) is 5.10 Å². The third kappa shape index (κ3) is 4.16. The van der Waals surface area contributed by atoms with E-state index in [1.165, 1.54) is 32.1 Å². The standard InChI is InChI=1S/C15H25N3O/c1-2-10-16-14(13-7-4-3-5-8-13)12-18-15(19)9-6-11-17-18/h6,9,11,13-14,16H,2-5,7-8,10,12H2,1H3. The van der Waals surface area contributed by atoms with Crippen LogP contribution in [0.3, 0.4) is 0 Å². The summed E-state index contributed by atoms with van der Waals surface area (Å²) < 4.78 is 1.60. The first-order valence-corrected chi connectivity index (χ1v) is 7.56. The highest BCUT2D eigenvalue weighted by atomic mass is 16.1. The van der Waals surface area contributed by atoms with Crippen molar-refractivity contribution in [3.8, 4) is 0 Å². The number of hydrogen-bond donors (Lipinski definition) is 1. The van der Waals surface area contributed by atoms with Gasteiger partial charge in [0.1, 0.15) is 0 Å². The van der Waals surface area contributed by atoms with Crippen molar-refractivity contribution < 1.29 is 0 Å². The third-order valence-corrected chi connectivity index (χ3v) is 4.03. The van der Waals surface area contributed by atoms with Crippen LogP contribution in [0.15, 0.2) is 23.1 Å². The molecular weight excluding hydrogens is 238 g/mol. The van der Waals surface area contributed by atoms with Crippen molar-refractivity contribution >= 4 is 0 Å². The van der Waals surface area contributed by atoms with E-state index in [1.807, 2.05) is 0 Å². The Morgan fingerprint density at radius 1 is 1.42 bits per heavy atom. The fraction of sp³-hybridized carbons (Fsp3) is 0.733. The molecule has 4 nitrogen and oxygen atoms in total. The Morgan fingerprint density at radius 2 is 2.21 bits per heavy atom. The Balaban J connectivity index is 2.04. The van der Waals surface area contributed by atoms with Crippen molar-refractivity contribution in [2.75, 3.05) is 6.54 Å². The minimum absolute atomic E-state index is 0.00149. The number of rotatable bonds is 6. The average molecular weight is 263 g/mol.